The number of hydrogen-bond acceptors (Lipinski definition) is 3. The van der Waals surface area contributed by atoms with E-state index in [1.54, 1.807) is 6.20 Å². The number of aromatic nitrogens is 1. The van der Waals surface area contributed by atoms with E-state index in [2.05, 4.69) is 33.9 Å². The lowest BCUT2D eigenvalue weighted by Crippen LogP contribution is -2.12. The molecule has 1 atom stereocenters. The van der Waals surface area contributed by atoms with Crippen LogP contribution < -0.4 is 5.73 Å². The molecule has 0 bridgehead atoms. The van der Waals surface area contributed by atoms with Gasteiger partial charge in [-0.05, 0) is 53.2 Å². The van der Waals surface area contributed by atoms with Gasteiger partial charge in [0.25, 0.3) is 0 Å². The van der Waals surface area contributed by atoms with E-state index >= 15 is 0 Å². The van der Waals surface area contributed by atoms with Gasteiger partial charge in [0, 0.05) is 16.1 Å². The Labute approximate surface area is 119 Å². The van der Waals surface area contributed by atoms with Crippen molar-refractivity contribution >= 4 is 26.9 Å². The molecule has 4 heteroatoms. The maximum absolute atomic E-state index is 6.20. The summed E-state index contributed by atoms with van der Waals surface area (Å²) in [4.78, 5) is 4.31. The molecule has 0 spiro atoms. The molecule has 0 fully saturated rings. The fraction of sp³-hybridized carbons (Fsp3) is 0.133. The van der Waals surface area contributed by atoms with E-state index in [0.717, 1.165) is 26.9 Å². The topological polar surface area (TPSA) is 52.0 Å². The van der Waals surface area contributed by atoms with Gasteiger partial charge in [0.1, 0.15) is 17.4 Å². The van der Waals surface area contributed by atoms with Crippen LogP contribution in [-0.2, 0) is 0 Å². The molecular weight excluding hydrogens is 304 g/mol. The van der Waals surface area contributed by atoms with E-state index in [-0.39, 0.29) is 6.04 Å². The van der Waals surface area contributed by atoms with E-state index in [1.807, 2.05) is 30.3 Å². The summed E-state index contributed by atoms with van der Waals surface area (Å²) in [5.41, 5.74) is 9.05. The Hall–Kier alpha value is -1.65. The van der Waals surface area contributed by atoms with Crippen LogP contribution in [0.2, 0.25) is 0 Å². The molecule has 0 aliphatic carbocycles. The Morgan fingerprint density at radius 1 is 1.21 bits per heavy atom. The number of fused-ring (bicyclic) bond motifs is 1. The number of nitrogens with zero attached hydrogens (tertiary/aromatic N) is 1. The molecule has 2 heterocycles. The van der Waals surface area contributed by atoms with E-state index in [1.165, 1.54) is 5.56 Å². The highest BCUT2D eigenvalue weighted by Gasteiger charge is 2.15. The first-order chi connectivity index (χ1) is 9.13. The molecular formula is C15H13BrN2O. The third kappa shape index (κ3) is 2.41. The molecule has 2 aromatic heterocycles. The Morgan fingerprint density at radius 3 is 2.79 bits per heavy atom. The van der Waals surface area contributed by atoms with E-state index in [9.17, 15) is 0 Å². The number of halogens is 1. The van der Waals surface area contributed by atoms with Crippen LogP contribution >= 0.6 is 15.9 Å². The van der Waals surface area contributed by atoms with Crippen molar-refractivity contribution in [2.24, 2.45) is 5.73 Å². The van der Waals surface area contributed by atoms with Crippen LogP contribution in [0.4, 0.5) is 0 Å². The smallest absolute Gasteiger partial charge is 0.134 e. The molecule has 0 saturated carbocycles. The second-order valence-electron chi connectivity index (χ2n) is 4.57. The standard InChI is InChI=1S/C15H13BrN2O/c1-9-2-5-13-10(6-9)7-14(19-13)15(17)12-4-3-11(16)8-18-12/h2-8,15H,17H2,1H3. The third-order valence-corrected chi connectivity index (χ3v) is 3.54. The first kappa shape index (κ1) is 12.4. The molecule has 0 aliphatic heterocycles. The Kier molecular flexibility index (Phi) is 3.12. The average Bonchev–Trinajstić information content (AvgIpc) is 2.81. The monoisotopic (exact) mass is 316 g/mol. The van der Waals surface area contributed by atoms with Crippen molar-refractivity contribution in [2.45, 2.75) is 13.0 Å². The zero-order chi connectivity index (χ0) is 13.4. The molecule has 3 nitrogen and oxygen atoms in total. The number of benzene rings is 1. The van der Waals surface area contributed by atoms with E-state index < -0.39 is 0 Å². The van der Waals surface area contributed by atoms with Crippen molar-refractivity contribution in [2.75, 3.05) is 0 Å². The lowest BCUT2D eigenvalue weighted by Gasteiger charge is -2.07. The molecule has 3 aromatic rings. The van der Waals surface area contributed by atoms with Crippen molar-refractivity contribution in [1.29, 1.82) is 0 Å². The first-order valence-electron chi connectivity index (χ1n) is 6.00. The van der Waals surface area contributed by atoms with Crippen molar-refractivity contribution in [1.82, 2.24) is 4.98 Å². The van der Waals surface area contributed by atoms with Gasteiger partial charge in [-0.1, -0.05) is 11.6 Å². The predicted molar refractivity (Wildman–Crippen MR) is 78.9 cm³/mol. The highest BCUT2D eigenvalue weighted by atomic mass is 79.9. The van der Waals surface area contributed by atoms with Gasteiger partial charge in [-0.3, -0.25) is 4.98 Å². The zero-order valence-corrected chi connectivity index (χ0v) is 12.0. The maximum Gasteiger partial charge on any atom is 0.134 e. The van der Waals surface area contributed by atoms with Gasteiger partial charge in [-0.25, -0.2) is 0 Å². The van der Waals surface area contributed by atoms with Gasteiger partial charge in [0.15, 0.2) is 0 Å². The zero-order valence-electron chi connectivity index (χ0n) is 10.4. The summed E-state index contributed by atoms with van der Waals surface area (Å²) < 4.78 is 6.73. The minimum absolute atomic E-state index is 0.346. The molecule has 1 aromatic carbocycles. The second kappa shape index (κ2) is 4.79. The minimum Gasteiger partial charge on any atom is -0.459 e. The summed E-state index contributed by atoms with van der Waals surface area (Å²) >= 11 is 3.36. The molecule has 0 saturated heterocycles. The highest BCUT2D eigenvalue weighted by Crippen LogP contribution is 2.26. The lowest BCUT2D eigenvalue weighted by molar-refractivity contribution is 0.520. The van der Waals surface area contributed by atoms with Crippen LogP contribution in [0.25, 0.3) is 11.0 Å². The van der Waals surface area contributed by atoms with Gasteiger partial charge in [0.05, 0.1) is 5.69 Å². The van der Waals surface area contributed by atoms with Crippen LogP contribution in [0.5, 0.6) is 0 Å². The van der Waals surface area contributed by atoms with Crippen molar-refractivity contribution in [3.05, 3.63) is 64.1 Å². The summed E-state index contributed by atoms with van der Waals surface area (Å²) in [6.07, 6.45) is 1.74. The molecule has 96 valence electrons. The first-order valence-corrected chi connectivity index (χ1v) is 6.80. The van der Waals surface area contributed by atoms with Gasteiger partial charge < -0.3 is 10.2 Å². The van der Waals surface area contributed by atoms with Crippen molar-refractivity contribution in [3.8, 4) is 0 Å². The summed E-state index contributed by atoms with van der Waals surface area (Å²) in [7, 11) is 0. The fourth-order valence-electron chi connectivity index (χ4n) is 2.05. The van der Waals surface area contributed by atoms with Crippen LogP contribution in [0.1, 0.15) is 23.1 Å². The van der Waals surface area contributed by atoms with Gasteiger partial charge in [-0.2, -0.15) is 0 Å². The number of hydrogen-bond donors (Lipinski definition) is 1. The number of rotatable bonds is 2. The summed E-state index contributed by atoms with van der Waals surface area (Å²) in [6, 6.07) is 11.5. The molecule has 0 aliphatic rings. The lowest BCUT2D eigenvalue weighted by atomic mass is 10.1. The maximum atomic E-state index is 6.20. The Balaban J connectivity index is 2.01. The van der Waals surface area contributed by atoms with Gasteiger partial charge >= 0.3 is 0 Å². The fourth-order valence-corrected chi connectivity index (χ4v) is 2.29. The number of pyridine rings is 1. The number of furan rings is 1. The van der Waals surface area contributed by atoms with Gasteiger partial charge in [0.2, 0.25) is 0 Å². The largest absolute Gasteiger partial charge is 0.459 e. The molecule has 0 amide bonds. The molecule has 3 rings (SSSR count). The quantitative estimate of drug-likeness (QED) is 0.779. The van der Waals surface area contributed by atoms with Gasteiger partial charge in [-0.15, -0.1) is 0 Å². The van der Waals surface area contributed by atoms with Crippen LogP contribution in [0.3, 0.4) is 0 Å². The van der Waals surface area contributed by atoms with Crippen LogP contribution in [0.15, 0.2) is 51.5 Å². The van der Waals surface area contributed by atoms with Crippen molar-refractivity contribution in [3.63, 3.8) is 0 Å². The van der Waals surface area contributed by atoms with Crippen LogP contribution in [0, 0.1) is 6.92 Å². The molecule has 19 heavy (non-hydrogen) atoms. The summed E-state index contributed by atoms with van der Waals surface area (Å²) in [5, 5.41) is 1.07. The van der Waals surface area contributed by atoms with Crippen molar-refractivity contribution < 1.29 is 4.42 Å². The predicted octanol–water partition coefficient (Wildman–Crippen LogP) is 3.95. The van der Waals surface area contributed by atoms with Crippen LogP contribution in [-0.4, -0.2) is 4.98 Å². The normalized spacial score (nSPS) is 12.8. The van der Waals surface area contributed by atoms with E-state index in [4.69, 9.17) is 10.2 Å². The second-order valence-corrected chi connectivity index (χ2v) is 5.48. The number of nitrogens with two attached hydrogens (primary N) is 1. The van der Waals surface area contributed by atoms with E-state index in [0.29, 0.717) is 0 Å². The summed E-state index contributed by atoms with van der Waals surface area (Å²) in [5.74, 6) is 0.732. The molecule has 0 radical (unpaired) electrons. The molecule has 2 N–H and O–H groups in total. The highest BCUT2D eigenvalue weighted by molar-refractivity contribution is 9.10. The minimum atomic E-state index is -0.346. The SMILES string of the molecule is Cc1ccc2oc(C(N)c3ccc(Br)cn3)cc2c1. The Bertz CT molecular complexity index is 719. The number of aryl methyl sites for hydroxylation is 1. The third-order valence-electron chi connectivity index (χ3n) is 3.07. The Morgan fingerprint density at radius 2 is 2.05 bits per heavy atom. The molecule has 1 unspecified atom stereocenters. The average molecular weight is 317 g/mol. The summed E-state index contributed by atoms with van der Waals surface area (Å²) in [6.45, 7) is 2.06.